The molecule has 0 spiro atoms. The van der Waals surface area contributed by atoms with E-state index in [1.165, 1.54) is 5.56 Å². The maximum absolute atomic E-state index is 13.2. The van der Waals surface area contributed by atoms with Crippen molar-refractivity contribution >= 4 is 17.5 Å². The number of nitrogens with zero attached hydrogens (tertiary/aromatic N) is 3. The average Bonchev–Trinajstić information content (AvgIpc) is 2.53. The Labute approximate surface area is 158 Å². The second-order valence-electron chi connectivity index (χ2n) is 7.04. The average molecular weight is 381 g/mol. The van der Waals surface area contributed by atoms with Gasteiger partial charge in [0.25, 0.3) is 0 Å². The number of nitrogens with one attached hydrogen (secondary N) is 2. The van der Waals surface area contributed by atoms with E-state index in [2.05, 4.69) is 34.4 Å². The second kappa shape index (κ2) is 8.56. The van der Waals surface area contributed by atoms with Gasteiger partial charge in [0.05, 0.1) is 0 Å². The second-order valence-corrected chi connectivity index (χ2v) is 7.04. The number of benzene rings is 1. The number of rotatable bonds is 7. The van der Waals surface area contributed by atoms with Crippen LogP contribution in [0.3, 0.4) is 0 Å². The molecule has 2 N–H and O–H groups in total. The Balaban J connectivity index is 2.28. The van der Waals surface area contributed by atoms with Crippen LogP contribution in [0.2, 0.25) is 0 Å². The molecule has 1 heterocycles. The number of hydrogen-bond acceptors (Lipinski definition) is 5. The summed E-state index contributed by atoms with van der Waals surface area (Å²) in [6.07, 6.45) is -4.55. The van der Waals surface area contributed by atoms with Crippen molar-refractivity contribution in [2.24, 2.45) is 0 Å². The van der Waals surface area contributed by atoms with Gasteiger partial charge >= 0.3 is 6.18 Å². The molecule has 0 fully saturated rings. The van der Waals surface area contributed by atoms with E-state index in [9.17, 15) is 13.2 Å². The van der Waals surface area contributed by atoms with Crippen molar-refractivity contribution in [1.82, 2.24) is 14.9 Å². The molecule has 0 aliphatic carbocycles. The van der Waals surface area contributed by atoms with E-state index in [0.29, 0.717) is 24.7 Å². The van der Waals surface area contributed by atoms with E-state index in [4.69, 9.17) is 0 Å². The lowest BCUT2D eigenvalue weighted by Gasteiger charge is -2.15. The third kappa shape index (κ3) is 6.09. The molecular weight excluding hydrogens is 355 g/mol. The molecule has 0 bridgehead atoms. The van der Waals surface area contributed by atoms with Gasteiger partial charge in [0, 0.05) is 24.8 Å². The van der Waals surface area contributed by atoms with Gasteiger partial charge in [-0.3, -0.25) is 0 Å². The van der Waals surface area contributed by atoms with Crippen molar-refractivity contribution in [1.29, 1.82) is 0 Å². The molecule has 5 nitrogen and oxygen atoms in total. The number of aryl methyl sites for hydroxylation is 1. The first-order valence-electron chi connectivity index (χ1n) is 8.78. The first kappa shape index (κ1) is 21.0. The summed E-state index contributed by atoms with van der Waals surface area (Å²) in [5.41, 5.74) is 1.97. The zero-order chi connectivity index (χ0) is 20.2. The summed E-state index contributed by atoms with van der Waals surface area (Å²) < 4.78 is 39.6. The molecule has 0 radical (unpaired) electrons. The number of halogens is 3. The Hall–Kier alpha value is -2.35. The molecule has 8 heteroatoms. The van der Waals surface area contributed by atoms with Crippen LogP contribution in [0.25, 0.3) is 0 Å². The fourth-order valence-corrected chi connectivity index (χ4v) is 2.68. The van der Waals surface area contributed by atoms with Gasteiger partial charge < -0.3 is 15.5 Å². The van der Waals surface area contributed by atoms with Crippen LogP contribution < -0.4 is 10.6 Å². The number of aromatic nitrogens is 2. The maximum Gasteiger partial charge on any atom is 0.433 e. The van der Waals surface area contributed by atoms with Crippen molar-refractivity contribution in [3.8, 4) is 0 Å². The van der Waals surface area contributed by atoms with E-state index < -0.39 is 11.9 Å². The van der Waals surface area contributed by atoms with Crippen molar-refractivity contribution in [3.05, 3.63) is 41.1 Å². The van der Waals surface area contributed by atoms with Gasteiger partial charge in [0.2, 0.25) is 5.95 Å². The topological polar surface area (TPSA) is 53.1 Å². The standard InChI is InChI=1S/C19H26F3N5/c1-12(2)15-7-6-14(10-13(15)3)24-17-11-16(19(20,21)22)25-18(26-17)23-8-9-27(4)5/h6-7,10-12H,8-9H2,1-5H3,(H2,23,24,25,26). The minimum absolute atomic E-state index is 0.0512. The highest BCUT2D eigenvalue weighted by molar-refractivity contribution is 5.59. The molecule has 0 atom stereocenters. The molecule has 0 saturated carbocycles. The molecule has 2 aromatic rings. The number of hydrogen-bond donors (Lipinski definition) is 2. The van der Waals surface area contributed by atoms with Gasteiger partial charge in [-0.05, 0) is 50.2 Å². The molecule has 0 aliphatic heterocycles. The van der Waals surface area contributed by atoms with E-state index in [1.807, 2.05) is 44.1 Å². The van der Waals surface area contributed by atoms with E-state index in [0.717, 1.165) is 11.6 Å². The van der Waals surface area contributed by atoms with Crippen LogP contribution in [0, 0.1) is 6.92 Å². The summed E-state index contributed by atoms with van der Waals surface area (Å²) in [5, 5.41) is 5.81. The van der Waals surface area contributed by atoms with Gasteiger partial charge in [0.1, 0.15) is 5.82 Å². The molecule has 0 amide bonds. The van der Waals surface area contributed by atoms with Crippen molar-refractivity contribution in [2.75, 3.05) is 37.8 Å². The predicted octanol–water partition coefficient (Wildman–Crippen LogP) is 4.64. The Bertz CT molecular complexity index is 772. The maximum atomic E-state index is 13.2. The summed E-state index contributed by atoms with van der Waals surface area (Å²) in [7, 11) is 3.76. The number of anilines is 3. The summed E-state index contributed by atoms with van der Waals surface area (Å²) in [4.78, 5) is 9.68. The normalized spacial score (nSPS) is 11.9. The van der Waals surface area contributed by atoms with E-state index in [-0.39, 0.29) is 11.8 Å². The van der Waals surface area contributed by atoms with Crippen LogP contribution in [0.5, 0.6) is 0 Å². The summed E-state index contributed by atoms with van der Waals surface area (Å²) in [6.45, 7) is 7.27. The molecular formula is C19H26F3N5. The monoisotopic (exact) mass is 381 g/mol. The summed E-state index contributed by atoms with van der Waals surface area (Å²) in [6, 6.07) is 6.65. The summed E-state index contributed by atoms with van der Waals surface area (Å²) in [5.74, 6) is 0.425. The van der Waals surface area contributed by atoms with Crippen molar-refractivity contribution in [2.45, 2.75) is 32.9 Å². The Morgan fingerprint density at radius 1 is 1.11 bits per heavy atom. The molecule has 1 aromatic carbocycles. The lowest BCUT2D eigenvalue weighted by molar-refractivity contribution is -0.141. The highest BCUT2D eigenvalue weighted by Crippen LogP contribution is 2.31. The minimum atomic E-state index is -4.55. The summed E-state index contributed by atoms with van der Waals surface area (Å²) >= 11 is 0. The van der Waals surface area contributed by atoms with E-state index in [1.54, 1.807) is 0 Å². The van der Waals surface area contributed by atoms with Crippen LogP contribution in [0.4, 0.5) is 30.6 Å². The quantitative estimate of drug-likeness (QED) is 0.732. The van der Waals surface area contributed by atoms with Crippen LogP contribution in [-0.4, -0.2) is 42.1 Å². The van der Waals surface area contributed by atoms with E-state index >= 15 is 0 Å². The highest BCUT2D eigenvalue weighted by Gasteiger charge is 2.33. The third-order valence-corrected chi connectivity index (χ3v) is 4.02. The van der Waals surface area contributed by atoms with Gasteiger partial charge in [-0.1, -0.05) is 19.9 Å². The van der Waals surface area contributed by atoms with Crippen LogP contribution >= 0.6 is 0 Å². The van der Waals surface area contributed by atoms with Crippen LogP contribution in [-0.2, 0) is 6.18 Å². The first-order valence-corrected chi connectivity index (χ1v) is 8.78. The third-order valence-electron chi connectivity index (χ3n) is 4.02. The fraction of sp³-hybridized carbons (Fsp3) is 0.474. The smallest absolute Gasteiger partial charge is 0.353 e. The Morgan fingerprint density at radius 2 is 1.81 bits per heavy atom. The lowest BCUT2D eigenvalue weighted by atomic mass is 9.98. The molecule has 27 heavy (non-hydrogen) atoms. The highest BCUT2D eigenvalue weighted by atomic mass is 19.4. The zero-order valence-corrected chi connectivity index (χ0v) is 16.3. The van der Waals surface area contributed by atoms with Gasteiger partial charge in [-0.2, -0.15) is 18.2 Å². The van der Waals surface area contributed by atoms with Crippen molar-refractivity contribution in [3.63, 3.8) is 0 Å². The number of likely N-dealkylation sites (N-methyl/N-ethyl adjacent to an activating group) is 1. The lowest BCUT2D eigenvalue weighted by Crippen LogP contribution is -2.22. The van der Waals surface area contributed by atoms with Gasteiger partial charge in [0.15, 0.2) is 5.69 Å². The molecule has 2 rings (SSSR count). The Kier molecular flexibility index (Phi) is 6.64. The molecule has 148 valence electrons. The Morgan fingerprint density at radius 3 is 2.37 bits per heavy atom. The molecule has 0 aliphatic rings. The zero-order valence-electron chi connectivity index (χ0n) is 16.3. The van der Waals surface area contributed by atoms with Crippen LogP contribution in [0.15, 0.2) is 24.3 Å². The molecule has 0 saturated heterocycles. The fourth-order valence-electron chi connectivity index (χ4n) is 2.68. The minimum Gasteiger partial charge on any atom is -0.353 e. The number of alkyl halides is 3. The van der Waals surface area contributed by atoms with Crippen molar-refractivity contribution < 1.29 is 13.2 Å². The van der Waals surface area contributed by atoms with Gasteiger partial charge in [-0.15, -0.1) is 0 Å². The molecule has 0 unspecified atom stereocenters. The largest absolute Gasteiger partial charge is 0.433 e. The SMILES string of the molecule is Cc1cc(Nc2cc(C(F)(F)F)nc(NCCN(C)C)n2)ccc1C(C)C. The van der Waals surface area contributed by atoms with Crippen LogP contribution in [0.1, 0.15) is 36.6 Å². The van der Waals surface area contributed by atoms with Gasteiger partial charge in [-0.25, -0.2) is 4.98 Å². The first-order chi connectivity index (χ1) is 12.6. The predicted molar refractivity (Wildman–Crippen MR) is 103 cm³/mol. The molecule has 1 aromatic heterocycles.